The Labute approximate surface area is 188 Å². The molecule has 2 bridgehead atoms. The number of amides is 3. The van der Waals surface area contributed by atoms with E-state index >= 15 is 0 Å². The number of hydrogen-bond donors (Lipinski definition) is 0. The van der Waals surface area contributed by atoms with Crippen molar-refractivity contribution in [3.63, 3.8) is 0 Å². The number of nitrogens with zero attached hydrogens (tertiary/aromatic N) is 3. The summed E-state index contributed by atoms with van der Waals surface area (Å²) in [6.07, 6.45) is 4.69. The van der Waals surface area contributed by atoms with Crippen LogP contribution in [0.1, 0.15) is 22.3 Å². The van der Waals surface area contributed by atoms with Crippen LogP contribution in [0.3, 0.4) is 0 Å². The Bertz CT molecular complexity index is 1150. The van der Waals surface area contributed by atoms with Crippen molar-refractivity contribution in [2.75, 3.05) is 0 Å². The number of rotatable bonds is 5. The second-order valence-electron chi connectivity index (χ2n) is 8.24. The zero-order valence-corrected chi connectivity index (χ0v) is 17.5. The first-order valence-corrected chi connectivity index (χ1v) is 10.6. The molecule has 4 atom stereocenters. The Balaban J connectivity index is 1.55. The molecule has 32 heavy (non-hydrogen) atoms. The van der Waals surface area contributed by atoms with Gasteiger partial charge in [-0.15, -0.1) is 0 Å². The average molecular weight is 452 g/mol. The van der Waals surface area contributed by atoms with Crippen LogP contribution in [0.25, 0.3) is 0 Å². The number of carbonyl (C=O) groups is 3. The predicted molar refractivity (Wildman–Crippen MR) is 114 cm³/mol. The minimum absolute atomic E-state index is 0.0232. The normalized spacial score (nSPS) is 25.3. The first kappa shape index (κ1) is 20.4. The van der Waals surface area contributed by atoms with Gasteiger partial charge in [-0.05, 0) is 42.5 Å². The molecule has 0 radical (unpaired) electrons. The molecule has 3 amide bonds. The van der Waals surface area contributed by atoms with Gasteiger partial charge in [-0.25, -0.2) is 5.01 Å². The van der Waals surface area contributed by atoms with Crippen LogP contribution >= 0.6 is 11.6 Å². The van der Waals surface area contributed by atoms with E-state index < -0.39 is 34.5 Å². The van der Waals surface area contributed by atoms with E-state index in [-0.39, 0.29) is 35.2 Å². The zero-order valence-electron chi connectivity index (χ0n) is 16.8. The van der Waals surface area contributed by atoms with Crippen LogP contribution in [0.15, 0.2) is 60.7 Å². The Morgan fingerprint density at radius 3 is 2.22 bits per heavy atom. The van der Waals surface area contributed by atoms with Gasteiger partial charge in [-0.3, -0.25) is 24.5 Å². The largest absolute Gasteiger partial charge is 0.274 e. The van der Waals surface area contributed by atoms with Crippen molar-refractivity contribution in [1.82, 2.24) is 10.0 Å². The molecule has 162 valence electrons. The maximum atomic E-state index is 13.5. The number of nitro benzene ring substituents is 1. The zero-order chi connectivity index (χ0) is 22.6. The van der Waals surface area contributed by atoms with Crippen LogP contribution in [0, 0.1) is 33.8 Å². The van der Waals surface area contributed by atoms with Gasteiger partial charge in [0.05, 0.1) is 28.9 Å². The van der Waals surface area contributed by atoms with Crippen LogP contribution in [0.4, 0.5) is 5.69 Å². The predicted octanol–water partition coefficient (Wildman–Crippen LogP) is 3.61. The summed E-state index contributed by atoms with van der Waals surface area (Å²) in [5, 5.41) is 13.9. The number of hydrazine groups is 1. The van der Waals surface area contributed by atoms with Gasteiger partial charge in [-0.2, -0.15) is 5.01 Å². The number of fused-ring (bicyclic) bond motifs is 5. The quantitative estimate of drug-likeness (QED) is 0.299. The molecule has 5 rings (SSSR count). The molecule has 0 unspecified atom stereocenters. The first-order chi connectivity index (χ1) is 15.4. The summed E-state index contributed by atoms with van der Waals surface area (Å²) < 4.78 is 0. The fourth-order valence-corrected chi connectivity index (χ4v) is 5.21. The van der Waals surface area contributed by atoms with Crippen LogP contribution in [-0.2, 0) is 16.1 Å². The summed E-state index contributed by atoms with van der Waals surface area (Å²) in [5.41, 5.74) is 0.243. The summed E-state index contributed by atoms with van der Waals surface area (Å²) in [4.78, 5) is 51.1. The van der Waals surface area contributed by atoms with E-state index in [0.717, 1.165) is 16.4 Å². The molecule has 9 heteroatoms. The second-order valence-corrected chi connectivity index (χ2v) is 8.68. The molecule has 0 aromatic heterocycles. The molecule has 2 fully saturated rings. The van der Waals surface area contributed by atoms with Crippen molar-refractivity contribution in [3.05, 3.63) is 86.9 Å². The number of allylic oxidation sites excluding steroid dienone is 2. The lowest BCUT2D eigenvalue weighted by molar-refractivity contribution is -0.385. The highest BCUT2D eigenvalue weighted by Gasteiger charge is 2.61. The van der Waals surface area contributed by atoms with E-state index in [4.69, 9.17) is 11.6 Å². The SMILES string of the molecule is O=C(c1ccc(Cl)cc1)N(Cc1ccccc1[N+](=O)[O-])N1C(=O)[C@@H]2[C@H](C1=O)[C@H]1C=C[C@H]2C1. The molecule has 2 aromatic rings. The molecule has 1 aliphatic heterocycles. The van der Waals surface area contributed by atoms with Gasteiger partial charge >= 0.3 is 0 Å². The van der Waals surface area contributed by atoms with Gasteiger partial charge in [0.15, 0.2) is 0 Å². The van der Waals surface area contributed by atoms with Gasteiger partial charge in [0, 0.05) is 16.7 Å². The minimum Gasteiger partial charge on any atom is -0.272 e. The van der Waals surface area contributed by atoms with Crippen molar-refractivity contribution in [2.24, 2.45) is 23.7 Å². The lowest BCUT2D eigenvalue weighted by Crippen LogP contribution is -2.50. The standard InChI is InChI=1S/C23H18ClN3O5/c24-17-9-7-13(8-10-17)21(28)25(12-16-3-1-2-4-18(16)27(31)32)26-22(29)19-14-5-6-15(11-14)20(19)23(26)30/h1-10,14-15,19-20H,11-12H2/t14-,15-,19-,20+/m0/s1. The smallest absolute Gasteiger partial charge is 0.272 e. The molecular formula is C23H18ClN3O5. The van der Waals surface area contributed by atoms with Crippen molar-refractivity contribution in [2.45, 2.75) is 13.0 Å². The van der Waals surface area contributed by atoms with Crippen LogP contribution in [0.2, 0.25) is 5.02 Å². The fraction of sp³-hybridized carbons (Fsp3) is 0.261. The van der Waals surface area contributed by atoms with Crippen molar-refractivity contribution in [3.8, 4) is 0 Å². The summed E-state index contributed by atoms with van der Waals surface area (Å²) in [5.74, 6) is -2.51. The highest BCUT2D eigenvalue weighted by Crippen LogP contribution is 2.53. The molecule has 1 heterocycles. The number of halogens is 1. The third-order valence-corrected chi connectivity index (χ3v) is 6.77. The molecule has 1 saturated heterocycles. The molecule has 2 aromatic carbocycles. The van der Waals surface area contributed by atoms with Gasteiger partial charge in [0.1, 0.15) is 0 Å². The molecule has 0 N–H and O–H groups in total. The minimum atomic E-state index is -0.609. The maximum Gasteiger partial charge on any atom is 0.274 e. The van der Waals surface area contributed by atoms with E-state index in [0.29, 0.717) is 5.02 Å². The molecule has 1 saturated carbocycles. The summed E-state index contributed by atoms with van der Waals surface area (Å²) in [6, 6.07) is 12.0. The molecule has 3 aliphatic rings. The number of carbonyl (C=O) groups excluding carboxylic acids is 3. The number of benzene rings is 2. The van der Waals surface area contributed by atoms with E-state index in [2.05, 4.69) is 0 Å². The van der Waals surface area contributed by atoms with Gasteiger partial charge in [-0.1, -0.05) is 42.0 Å². The highest BCUT2D eigenvalue weighted by atomic mass is 35.5. The Kier molecular flexibility index (Phi) is 4.82. The number of para-hydroxylation sites is 1. The van der Waals surface area contributed by atoms with Crippen molar-refractivity contribution in [1.29, 1.82) is 0 Å². The lowest BCUT2D eigenvalue weighted by Gasteiger charge is -2.31. The van der Waals surface area contributed by atoms with E-state index in [1.54, 1.807) is 6.07 Å². The Hall–Kier alpha value is -3.52. The fourth-order valence-electron chi connectivity index (χ4n) is 5.08. The summed E-state index contributed by atoms with van der Waals surface area (Å²) in [7, 11) is 0. The number of hydrogen-bond acceptors (Lipinski definition) is 5. The van der Waals surface area contributed by atoms with E-state index in [9.17, 15) is 24.5 Å². The lowest BCUT2D eigenvalue weighted by atomic mass is 9.85. The van der Waals surface area contributed by atoms with Gasteiger partial charge < -0.3 is 0 Å². The summed E-state index contributed by atoms with van der Waals surface area (Å²) in [6.45, 7) is -0.293. The van der Waals surface area contributed by atoms with Crippen molar-refractivity contribution < 1.29 is 19.3 Å². The number of imide groups is 1. The van der Waals surface area contributed by atoms with E-state index in [1.807, 2.05) is 12.2 Å². The van der Waals surface area contributed by atoms with Crippen LogP contribution in [0.5, 0.6) is 0 Å². The monoisotopic (exact) mass is 451 g/mol. The third-order valence-electron chi connectivity index (χ3n) is 6.52. The molecule has 0 spiro atoms. The second kappa shape index (κ2) is 7.56. The van der Waals surface area contributed by atoms with Crippen LogP contribution in [-0.4, -0.2) is 32.7 Å². The number of nitro groups is 1. The Morgan fingerprint density at radius 1 is 1.03 bits per heavy atom. The van der Waals surface area contributed by atoms with Gasteiger partial charge in [0.25, 0.3) is 23.4 Å². The van der Waals surface area contributed by atoms with Crippen LogP contribution < -0.4 is 0 Å². The molecular weight excluding hydrogens is 434 g/mol. The highest BCUT2D eigenvalue weighted by molar-refractivity contribution is 6.30. The first-order valence-electron chi connectivity index (χ1n) is 10.2. The Morgan fingerprint density at radius 2 is 1.62 bits per heavy atom. The average Bonchev–Trinajstić information content (AvgIpc) is 3.46. The molecule has 2 aliphatic carbocycles. The maximum absolute atomic E-state index is 13.5. The topological polar surface area (TPSA) is 101 Å². The van der Waals surface area contributed by atoms with Gasteiger partial charge in [0.2, 0.25) is 0 Å². The van der Waals surface area contributed by atoms with E-state index in [1.165, 1.54) is 42.5 Å². The summed E-state index contributed by atoms with van der Waals surface area (Å²) >= 11 is 5.93. The molecule has 8 nitrogen and oxygen atoms in total. The van der Waals surface area contributed by atoms with Crippen molar-refractivity contribution >= 4 is 35.0 Å². The third kappa shape index (κ3) is 3.10.